The van der Waals surface area contributed by atoms with Crippen molar-refractivity contribution in [3.63, 3.8) is 0 Å². The molecule has 0 heterocycles. The molecule has 2 amide bonds. The predicted molar refractivity (Wildman–Crippen MR) is 141 cm³/mol. The van der Waals surface area contributed by atoms with Gasteiger partial charge in [0.05, 0.1) is 15.6 Å². The first-order valence-corrected chi connectivity index (χ1v) is 13.4. The van der Waals surface area contributed by atoms with E-state index in [1.165, 1.54) is 30.1 Å². The lowest BCUT2D eigenvalue weighted by molar-refractivity contribution is -0.139. The number of hydrogen-bond donors (Lipinski definition) is 1. The Morgan fingerprint density at radius 3 is 2.28 bits per heavy atom. The Labute approximate surface area is 223 Å². The van der Waals surface area contributed by atoms with Crippen molar-refractivity contribution < 1.29 is 22.4 Å². The summed E-state index contributed by atoms with van der Waals surface area (Å²) in [7, 11) is -2.79. The van der Waals surface area contributed by atoms with Gasteiger partial charge in [0.15, 0.2) is 0 Å². The fourth-order valence-corrected chi connectivity index (χ4v) is 5.33. The van der Waals surface area contributed by atoms with Gasteiger partial charge in [-0.1, -0.05) is 57.9 Å². The molecule has 3 rings (SSSR count). The van der Waals surface area contributed by atoms with Crippen LogP contribution in [0.25, 0.3) is 0 Å². The largest absolute Gasteiger partial charge is 0.357 e. The van der Waals surface area contributed by atoms with Crippen LogP contribution in [0.4, 0.5) is 10.1 Å². The Bertz CT molecular complexity index is 1340. The summed E-state index contributed by atoms with van der Waals surface area (Å²) in [6.45, 7) is 0.974. The van der Waals surface area contributed by atoms with Gasteiger partial charge in [-0.25, -0.2) is 12.8 Å². The number of carbonyl (C=O) groups excluding carboxylic acids is 2. The Morgan fingerprint density at radius 1 is 1.06 bits per heavy atom. The summed E-state index contributed by atoms with van der Waals surface area (Å²) >= 11 is 9.30. The number of halogens is 3. The molecule has 3 aromatic carbocycles. The highest BCUT2D eigenvalue weighted by molar-refractivity contribution is 9.10. The van der Waals surface area contributed by atoms with Gasteiger partial charge in [0.2, 0.25) is 11.8 Å². The van der Waals surface area contributed by atoms with Crippen molar-refractivity contribution in [3.8, 4) is 0 Å². The summed E-state index contributed by atoms with van der Waals surface area (Å²) in [6, 6.07) is 17.2. The Morgan fingerprint density at radius 2 is 1.69 bits per heavy atom. The monoisotopic (exact) mass is 595 g/mol. The van der Waals surface area contributed by atoms with Crippen molar-refractivity contribution in [1.82, 2.24) is 10.2 Å². The molecule has 0 aliphatic heterocycles. The molecular formula is C25H24BrClFN3O4S. The summed E-state index contributed by atoms with van der Waals surface area (Å²) in [6.07, 6.45) is 0. The summed E-state index contributed by atoms with van der Waals surface area (Å²) < 4.78 is 42.7. The molecule has 36 heavy (non-hydrogen) atoms. The molecule has 0 saturated carbocycles. The number of sulfonamides is 1. The van der Waals surface area contributed by atoms with Gasteiger partial charge in [-0.05, 0) is 55.0 Å². The highest BCUT2D eigenvalue weighted by Gasteiger charge is 2.32. The number of benzene rings is 3. The molecule has 0 spiro atoms. The van der Waals surface area contributed by atoms with Gasteiger partial charge in [0.25, 0.3) is 10.0 Å². The Balaban J connectivity index is 2.04. The van der Waals surface area contributed by atoms with E-state index in [1.54, 1.807) is 49.4 Å². The van der Waals surface area contributed by atoms with E-state index in [-0.39, 0.29) is 22.2 Å². The fourth-order valence-electron chi connectivity index (χ4n) is 3.47. The molecular weight excluding hydrogens is 573 g/mol. The smallest absolute Gasteiger partial charge is 0.264 e. The SMILES string of the molecule is CNC(=O)[C@@H](C)N(Cc1ccc(Br)cc1)C(=O)CN(c1ccc(F)c(Cl)c1)S(=O)(=O)c1ccccc1. The quantitative estimate of drug-likeness (QED) is 0.391. The van der Waals surface area contributed by atoms with Gasteiger partial charge in [-0.3, -0.25) is 13.9 Å². The van der Waals surface area contributed by atoms with E-state index >= 15 is 0 Å². The minimum Gasteiger partial charge on any atom is -0.357 e. The van der Waals surface area contributed by atoms with Gasteiger partial charge >= 0.3 is 0 Å². The molecule has 0 bridgehead atoms. The molecule has 0 saturated heterocycles. The van der Waals surface area contributed by atoms with Crippen LogP contribution in [0.5, 0.6) is 0 Å². The van der Waals surface area contributed by atoms with Crippen LogP contribution in [0.3, 0.4) is 0 Å². The first kappa shape index (κ1) is 27.6. The van der Waals surface area contributed by atoms with Gasteiger partial charge in [0.1, 0.15) is 18.4 Å². The van der Waals surface area contributed by atoms with Crippen LogP contribution in [-0.2, 0) is 26.2 Å². The number of likely N-dealkylation sites (N-methyl/N-ethyl adjacent to an activating group) is 1. The molecule has 3 aromatic rings. The number of nitrogens with zero attached hydrogens (tertiary/aromatic N) is 2. The summed E-state index contributed by atoms with van der Waals surface area (Å²) in [4.78, 5) is 27.3. The van der Waals surface area contributed by atoms with Crippen LogP contribution in [0, 0.1) is 5.82 Å². The van der Waals surface area contributed by atoms with E-state index < -0.39 is 40.2 Å². The topological polar surface area (TPSA) is 86.8 Å². The maximum absolute atomic E-state index is 13.9. The lowest BCUT2D eigenvalue weighted by atomic mass is 10.1. The molecule has 0 radical (unpaired) electrons. The third-order valence-corrected chi connectivity index (χ3v) is 8.09. The van der Waals surface area contributed by atoms with Gasteiger partial charge < -0.3 is 10.2 Å². The second-order valence-corrected chi connectivity index (χ2v) is 11.0. The molecule has 0 aliphatic rings. The van der Waals surface area contributed by atoms with Crippen molar-refractivity contribution in [1.29, 1.82) is 0 Å². The van der Waals surface area contributed by atoms with Gasteiger partial charge in [0, 0.05) is 18.1 Å². The molecule has 0 fully saturated rings. The van der Waals surface area contributed by atoms with Gasteiger partial charge in [-0.15, -0.1) is 0 Å². The van der Waals surface area contributed by atoms with E-state index in [4.69, 9.17) is 11.6 Å². The zero-order valence-electron chi connectivity index (χ0n) is 19.5. The average molecular weight is 597 g/mol. The Kier molecular flexibility index (Phi) is 9.10. The maximum atomic E-state index is 13.9. The minimum atomic E-state index is -4.24. The van der Waals surface area contributed by atoms with E-state index in [1.807, 2.05) is 0 Å². The van der Waals surface area contributed by atoms with Crippen LogP contribution in [0.15, 0.2) is 82.2 Å². The van der Waals surface area contributed by atoms with Crippen molar-refractivity contribution in [2.75, 3.05) is 17.9 Å². The van der Waals surface area contributed by atoms with E-state index in [0.29, 0.717) is 0 Å². The number of hydrogen-bond acceptors (Lipinski definition) is 4. The third kappa shape index (κ3) is 6.43. The highest BCUT2D eigenvalue weighted by atomic mass is 79.9. The molecule has 1 N–H and O–H groups in total. The van der Waals surface area contributed by atoms with Crippen molar-refractivity contribution >= 4 is 55.1 Å². The second-order valence-electron chi connectivity index (χ2n) is 7.86. The molecule has 1 atom stereocenters. The van der Waals surface area contributed by atoms with E-state index in [9.17, 15) is 22.4 Å². The standard InChI is InChI=1S/C25H24BrClFN3O4S/c1-17(25(33)29-2)30(15-18-8-10-19(26)11-9-18)24(32)16-31(20-12-13-23(28)22(27)14-20)36(34,35)21-6-4-3-5-7-21/h3-14,17H,15-16H2,1-2H3,(H,29,33)/t17-/m1/s1. The van der Waals surface area contributed by atoms with Crippen LogP contribution in [0.1, 0.15) is 12.5 Å². The number of carbonyl (C=O) groups is 2. The lowest BCUT2D eigenvalue weighted by Gasteiger charge is -2.31. The summed E-state index contributed by atoms with van der Waals surface area (Å²) in [5, 5.41) is 2.23. The Hall–Kier alpha value is -2.95. The fraction of sp³-hybridized carbons (Fsp3) is 0.200. The van der Waals surface area contributed by atoms with Crippen LogP contribution < -0.4 is 9.62 Å². The summed E-state index contributed by atoms with van der Waals surface area (Å²) in [5.41, 5.74) is 0.749. The first-order valence-electron chi connectivity index (χ1n) is 10.8. The zero-order valence-corrected chi connectivity index (χ0v) is 22.6. The summed E-state index contributed by atoms with van der Waals surface area (Å²) in [5.74, 6) is -1.77. The number of amides is 2. The van der Waals surface area contributed by atoms with Crippen molar-refractivity contribution in [2.45, 2.75) is 24.4 Å². The van der Waals surface area contributed by atoms with Crippen LogP contribution in [0.2, 0.25) is 5.02 Å². The van der Waals surface area contributed by atoms with E-state index in [0.717, 1.165) is 26.5 Å². The van der Waals surface area contributed by atoms with Crippen molar-refractivity contribution in [3.05, 3.63) is 93.7 Å². The van der Waals surface area contributed by atoms with Crippen LogP contribution in [-0.4, -0.2) is 44.8 Å². The number of anilines is 1. The second kappa shape index (κ2) is 11.9. The minimum absolute atomic E-state index is 0.00907. The van der Waals surface area contributed by atoms with Crippen LogP contribution >= 0.6 is 27.5 Å². The molecule has 0 aliphatic carbocycles. The molecule has 7 nitrogen and oxygen atoms in total. The van der Waals surface area contributed by atoms with Crippen molar-refractivity contribution in [2.24, 2.45) is 0 Å². The lowest BCUT2D eigenvalue weighted by Crippen LogP contribution is -2.50. The van der Waals surface area contributed by atoms with E-state index in [2.05, 4.69) is 21.2 Å². The number of nitrogens with one attached hydrogen (secondary N) is 1. The maximum Gasteiger partial charge on any atom is 0.264 e. The highest BCUT2D eigenvalue weighted by Crippen LogP contribution is 2.28. The van der Waals surface area contributed by atoms with Gasteiger partial charge in [-0.2, -0.15) is 0 Å². The predicted octanol–water partition coefficient (Wildman–Crippen LogP) is 4.60. The number of rotatable bonds is 9. The molecule has 190 valence electrons. The molecule has 0 aromatic heterocycles. The third-order valence-electron chi connectivity index (χ3n) is 5.48. The molecule has 11 heteroatoms. The molecule has 0 unspecified atom stereocenters. The average Bonchev–Trinajstić information content (AvgIpc) is 2.88. The first-order chi connectivity index (χ1) is 17.0. The zero-order chi connectivity index (χ0) is 26.5. The normalized spacial score (nSPS) is 12.0.